The molecule has 0 radical (unpaired) electrons. The Labute approximate surface area is 164 Å². The van der Waals surface area contributed by atoms with Crippen LogP contribution < -0.4 is 5.32 Å². The van der Waals surface area contributed by atoms with Crippen LogP contribution in [-0.2, 0) is 17.8 Å². The lowest BCUT2D eigenvalue weighted by Gasteiger charge is -2.35. The molecule has 5 nitrogen and oxygen atoms in total. The number of rotatable bonds is 3. The summed E-state index contributed by atoms with van der Waals surface area (Å²) < 4.78 is 5.29. The number of amides is 2. The molecule has 2 amide bonds. The second kappa shape index (κ2) is 7.35. The van der Waals surface area contributed by atoms with Crippen LogP contribution in [0.15, 0.2) is 65.3 Å². The van der Waals surface area contributed by atoms with Gasteiger partial charge in [0.25, 0.3) is 5.91 Å². The van der Waals surface area contributed by atoms with Gasteiger partial charge in [0, 0.05) is 18.7 Å². The average Bonchev–Trinajstić information content (AvgIpc) is 3.24. The van der Waals surface area contributed by atoms with Gasteiger partial charge < -0.3 is 14.6 Å². The lowest BCUT2D eigenvalue weighted by Crippen LogP contribution is -2.50. The quantitative estimate of drug-likeness (QED) is 0.751. The van der Waals surface area contributed by atoms with Crippen LogP contribution in [-0.4, -0.2) is 22.8 Å². The highest BCUT2D eigenvalue weighted by molar-refractivity contribution is 6.01. The zero-order valence-corrected chi connectivity index (χ0v) is 15.9. The highest BCUT2D eigenvalue weighted by Gasteiger charge is 2.36. The number of aryl methyl sites for hydroxylation is 1. The maximum atomic E-state index is 13.2. The van der Waals surface area contributed by atoms with Crippen LogP contribution in [0.1, 0.15) is 32.8 Å². The molecule has 0 fully saturated rings. The lowest BCUT2D eigenvalue weighted by molar-refractivity contribution is -0.121. The van der Waals surface area contributed by atoms with Gasteiger partial charge in [-0.25, -0.2) is 0 Å². The van der Waals surface area contributed by atoms with E-state index >= 15 is 0 Å². The molecular weight excluding hydrogens is 352 g/mol. The van der Waals surface area contributed by atoms with E-state index in [1.165, 1.54) is 6.26 Å². The van der Waals surface area contributed by atoms with Gasteiger partial charge in [0.1, 0.15) is 6.04 Å². The largest absolute Gasteiger partial charge is 0.459 e. The van der Waals surface area contributed by atoms with Gasteiger partial charge in [0.05, 0.1) is 6.26 Å². The van der Waals surface area contributed by atoms with Crippen molar-refractivity contribution in [3.8, 4) is 0 Å². The van der Waals surface area contributed by atoms with Crippen molar-refractivity contribution in [1.29, 1.82) is 0 Å². The van der Waals surface area contributed by atoms with Crippen LogP contribution in [0, 0.1) is 13.8 Å². The number of anilines is 1. The van der Waals surface area contributed by atoms with Crippen molar-refractivity contribution < 1.29 is 14.0 Å². The third kappa shape index (κ3) is 3.31. The van der Waals surface area contributed by atoms with Crippen LogP contribution in [0.3, 0.4) is 0 Å². The van der Waals surface area contributed by atoms with Crippen LogP contribution in [0.5, 0.6) is 0 Å². The molecule has 1 aliphatic rings. The SMILES string of the molecule is Cc1cccc(NC(=O)[C@@H]2Cc3ccccc3CN2C(=O)c2ccco2)c1C. The fraction of sp³-hybridized carbons (Fsp3) is 0.217. The van der Waals surface area contributed by atoms with Crippen molar-refractivity contribution in [3.05, 3.63) is 88.9 Å². The first-order chi connectivity index (χ1) is 13.5. The second-order valence-electron chi connectivity index (χ2n) is 7.14. The number of fused-ring (bicyclic) bond motifs is 1. The number of hydrogen-bond acceptors (Lipinski definition) is 3. The highest BCUT2D eigenvalue weighted by Crippen LogP contribution is 2.27. The maximum absolute atomic E-state index is 13.2. The first kappa shape index (κ1) is 18.0. The van der Waals surface area contributed by atoms with Gasteiger partial charge in [-0.05, 0) is 54.3 Å². The first-order valence-corrected chi connectivity index (χ1v) is 9.33. The smallest absolute Gasteiger partial charge is 0.290 e. The molecule has 4 rings (SSSR count). The zero-order valence-electron chi connectivity index (χ0n) is 15.9. The highest BCUT2D eigenvalue weighted by atomic mass is 16.3. The fourth-order valence-corrected chi connectivity index (χ4v) is 3.62. The van der Waals surface area contributed by atoms with Crippen LogP contribution in [0.2, 0.25) is 0 Å². The number of benzene rings is 2. The van der Waals surface area contributed by atoms with Gasteiger partial charge in [0.2, 0.25) is 5.91 Å². The van der Waals surface area contributed by atoms with E-state index in [1.54, 1.807) is 17.0 Å². The molecule has 0 unspecified atom stereocenters. The summed E-state index contributed by atoms with van der Waals surface area (Å²) in [5, 5.41) is 3.02. The maximum Gasteiger partial charge on any atom is 0.290 e. The molecule has 2 heterocycles. The van der Waals surface area contributed by atoms with Gasteiger partial charge in [-0.3, -0.25) is 9.59 Å². The van der Waals surface area contributed by atoms with Crippen molar-refractivity contribution in [2.45, 2.75) is 32.9 Å². The first-order valence-electron chi connectivity index (χ1n) is 9.33. The van der Waals surface area contributed by atoms with E-state index < -0.39 is 6.04 Å². The Morgan fingerprint density at radius 1 is 1.00 bits per heavy atom. The summed E-state index contributed by atoms with van der Waals surface area (Å²) >= 11 is 0. The molecule has 0 saturated heterocycles. The molecule has 1 atom stereocenters. The van der Waals surface area contributed by atoms with Gasteiger partial charge in [0.15, 0.2) is 5.76 Å². The molecule has 3 aromatic rings. The molecular formula is C23H22N2O3. The molecule has 142 valence electrons. The number of nitrogens with zero attached hydrogens (tertiary/aromatic N) is 1. The van der Waals surface area contributed by atoms with Crippen LogP contribution >= 0.6 is 0 Å². The van der Waals surface area contributed by atoms with Crippen molar-refractivity contribution in [2.24, 2.45) is 0 Å². The van der Waals surface area contributed by atoms with E-state index in [1.807, 2.05) is 56.3 Å². The number of nitrogens with one attached hydrogen (secondary N) is 1. The third-order valence-electron chi connectivity index (χ3n) is 5.41. The van der Waals surface area contributed by atoms with Crippen molar-refractivity contribution in [1.82, 2.24) is 4.90 Å². The fourth-order valence-electron chi connectivity index (χ4n) is 3.62. The second-order valence-corrected chi connectivity index (χ2v) is 7.14. The minimum Gasteiger partial charge on any atom is -0.459 e. The summed E-state index contributed by atoms with van der Waals surface area (Å²) in [5.41, 5.74) is 5.05. The zero-order chi connectivity index (χ0) is 19.7. The molecule has 1 aliphatic heterocycles. The minimum absolute atomic E-state index is 0.192. The Morgan fingerprint density at radius 3 is 2.54 bits per heavy atom. The van der Waals surface area contributed by atoms with E-state index in [0.29, 0.717) is 13.0 Å². The molecule has 0 bridgehead atoms. The van der Waals surface area contributed by atoms with E-state index in [4.69, 9.17) is 4.42 Å². The van der Waals surface area contributed by atoms with Gasteiger partial charge in [-0.2, -0.15) is 0 Å². The standard InChI is InChI=1S/C23H22N2O3/c1-15-7-5-10-19(16(15)2)24-22(26)20-13-17-8-3-4-9-18(17)14-25(20)23(27)21-11-6-12-28-21/h3-12,20H,13-14H2,1-2H3,(H,24,26)/t20-/m0/s1. The van der Waals surface area contributed by atoms with Crippen LogP contribution in [0.4, 0.5) is 5.69 Å². The number of carbonyl (C=O) groups excluding carboxylic acids is 2. The normalized spacial score (nSPS) is 15.8. The summed E-state index contributed by atoms with van der Waals surface area (Å²) in [4.78, 5) is 27.8. The summed E-state index contributed by atoms with van der Waals surface area (Å²) in [5.74, 6) is -0.229. The van der Waals surface area contributed by atoms with E-state index in [2.05, 4.69) is 5.32 Å². The van der Waals surface area contributed by atoms with E-state index in [-0.39, 0.29) is 17.6 Å². The molecule has 1 N–H and O–H groups in total. The van der Waals surface area contributed by atoms with Crippen molar-refractivity contribution in [3.63, 3.8) is 0 Å². The van der Waals surface area contributed by atoms with Crippen molar-refractivity contribution in [2.75, 3.05) is 5.32 Å². The van der Waals surface area contributed by atoms with Crippen LogP contribution in [0.25, 0.3) is 0 Å². The minimum atomic E-state index is -0.604. The Bertz CT molecular complexity index is 1020. The summed E-state index contributed by atoms with van der Waals surface area (Å²) in [6.07, 6.45) is 1.94. The Balaban J connectivity index is 1.66. The van der Waals surface area contributed by atoms with E-state index in [0.717, 1.165) is 27.9 Å². The Morgan fingerprint density at radius 2 is 1.79 bits per heavy atom. The summed E-state index contributed by atoms with van der Waals surface area (Å²) in [7, 11) is 0. The topological polar surface area (TPSA) is 62.6 Å². The molecule has 2 aromatic carbocycles. The summed E-state index contributed by atoms with van der Waals surface area (Å²) in [6, 6.07) is 16.4. The van der Waals surface area contributed by atoms with Crippen molar-refractivity contribution >= 4 is 17.5 Å². The Hall–Kier alpha value is -3.34. The number of furan rings is 1. The molecule has 0 saturated carbocycles. The lowest BCUT2D eigenvalue weighted by atomic mass is 9.93. The predicted molar refractivity (Wildman–Crippen MR) is 107 cm³/mol. The number of hydrogen-bond donors (Lipinski definition) is 1. The third-order valence-corrected chi connectivity index (χ3v) is 5.41. The van der Waals surface area contributed by atoms with Gasteiger partial charge >= 0.3 is 0 Å². The molecule has 0 aliphatic carbocycles. The van der Waals surface area contributed by atoms with E-state index in [9.17, 15) is 9.59 Å². The summed E-state index contributed by atoms with van der Waals surface area (Å²) in [6.45, 7) is 4.36. The molecule has 28 heavy (non-hydrogen) atoms. The van der Waals surface area contributed by atoms with Gasteiger partial charge in [-0.15, -0.1) is 0 Å². The monoisotopic (exact) mass is 374 g/mol. The molecule has 0 spiro atoms. The average molecular weight is 374 g/mol. The van der Waals surface area contributed by atoms with Gasteiger partial charge in [-0.1, -0.05) is 36.4 Å². The predicted octanol–water partition coefficient (Wildman–Crippen LogP) is 4.10. The molecule has 1 aromatic heterocycles. The number of carbonyl (C=O) groups is 2. The molecule has 5 heteroatoms. The Kier molecular flexibility index (Phi) is 4.74.